The number of aryl methyl sites for hydroxylation is 2. The van der Waals surface area contributed by atoms with E-state index < -0.39 is 5.56 Å². The quantitative estimate of drug-likeness (QED) is 0.683. The smallest absolute Gasteiger partial charge is 0.269 e. The molecule has 0 aliphatic carbocycles. The van der Waals surface area contributed by atoms with Gasteiger partial charge in [0.1, 0.15) is 17.5 Å². The minimum Gasteiger partial charge on any atom is -0.385 e. The number of nitrogens with one attached hydrogen (secondary N) is 1. The second-order valence-corrected chi connectivity index (χ2v) is 3.66. The molecule has 5 nitrogen and oxygen atoms in total. The second-order valence-electron chi connectivity index (χ2n) is 3.66. The molecule has 2 aromatic heterocycles. The molecular formula is C11H10N4O. The molecule has 3 N–H and O–H groups in total. The predicted octanol–water partition coefficient (Wildman–Crippen LogP) is 0.994. The highest BCUT2D eigenvalue weighted by Gasteiger charge is 2.12. The Kier molecular flexibility index (Phi) is 2.13. The van der Waals surface area contributed by atoms with Crippen molar-refractivity contribution in [2.75, 3.05) is 5.73 Å². The Morgan fingerprint density at radius 2 is 2.19 bits per heavy atom. The van der Waals surface area contributed by atoms with E-state index in [1.165, 1.54) is 0 Å². The van der Waals surface area contributed by atoms with Crippen LogP contribution in [0.25, 0.3) is 10.9 Å². The first-order valence-corrected chi connectivity index (χ1v) is 4.74. The van der Waals surface area contributed by atoms with Crippen LogP contribution in [0.2, 0.25) is 0 Å². The highest BCUT2D eigenvalue weighted by Crippen LogP contribution is 2.22. The number of rotatable bonds is 0. The topological polar surface area (TPSA) is 95.6 Å². The second kappa shape index (κ2) is 3.35. The van der Waals surface area contributed by atoms with Gasteiger partial charge in [0.15, 0.2) is 0 Å². The van der Waals surface area contributed by atoms with Crippen LogP contribution < -0.4 is 11.3 Å². The molecule has 0 aliphatic heterocycles. The molecular weight excluding hydrogens is 204 g/mol. The number of fused-ring (bicyclic) bond motifs is 1. The average molecular weight is 214 g/mol. The van der Waals surface area contributed by atoms with E-state index in [-0.39, 0.29) is 11.4 Å². The van der Waals surface area contributed by atoms with Gasteiger partial charge in [-0.2, -0.15) is 5.26 Å². The molecule has 0 bridgehead atoms. The maximum Gasteiger partial charge on any atom is 0.269 e. The Balaban J connectivity index is 3.13. The number of anilines is 1. The fraction of sp³-hybridized carbons (Fsp3) is 0.182. The monoisotopic (exact) mass is 214 g/mol. The number of H-pyrrole nitrogens is 1. The van der Waals surface area contributed by atoms with Gasteiger partial charge in [-0.05, 0) is 25.5 Å². The normalized spacial score (nSPS) is 10.3. The Bertz CT molecular complexity index is 679. The van der Waals surface area contributed by atoms with E-state index in [1.807, 2.05) is 26.0 Å². The van der Waals surface area contributed by atoms with Gasteiger partial charge in [-0.1, -0.05) is 0 Å². The fourth-order valence-corrected chi connectivity index (χ4v) is 1.82. The third-order valence-corrected chi connectivity index (χ3v) is 2.44. The number of nitrogens with zero attached hydrogens (tertiary/aromatic N) is 2. The number of nitriles is 1. The largest absolute Gasteiger partial charge is 0.385 e. The van der Waals surface area contributed by atoms with Gasteiger partial charge in [-0.25, -0.2) is 0 Å². The van der Waals surface area contributed by atoms with Crippen molar-refractivity contribution in [1.29, 1.82) is 5.26 Å². The third-order valence-electron chi connectivity index (χ3n) is 2.44. The van der Waals surface area contributed by atoms with Gasteiger partial charge in [0, 0.05) is 11.1 Å². The van der Waals surface area contributed by atoms with Gasteiger partial charge < -0.3 is 10.7 Å². The summed E-state index contributed by atoms with van der Waals surface area (Å²) in [5.74, 6) is 0.254. The number of nitrogen functional groups attached to an aromatic ring is 1. The Labute approximate surface area is 91.5 Å². The van der Waals surface area contributed by atoms with Gasteiger partial charge in [0.2, 0.25) is 0 Å². The number of hydrogen-bond donors (Lipinski definition) is 2. The van der Waals surface area contributed by atoms with Crippen LogP contribution in [0.4, 0.5) is 5.82 Å². The first-order valence-electron chi connectivity index (χ1n) is 4.74. The zero-order valence-electron chi connectivity index (χ0n) is 8.96. The summed E-state index contributed by atoms with van der Waals surface area (Å²) in [6.45, 7) is 3.68. The number of pyridine rings is 2. The van der Waals surface area contributed by atoms with E-state index in [9.17, 15) is 4.79 Å². The van der Waals surface area contributed by atoms with Crippen LogP contribution in [0.3, 0.4) is 0 Å². The molecule has 2 heterocycles. The summed E-state index contributed by atoms with van der Waals surface area (Å²) in [7, 11) is 0. The maximum atomic E-state index is 11.5. The highest BCUT2D eigenvalue weighted by molar-refractivity contribution is 5.94. The molecule has 0 aromatic carbocycles. The Morgan fingerprint density at radius 1 is 1.50 bits per heavy atom. The van der Waals surface area contributed by atoms with Gasteiger partial charge in [-0.15, -0.1) is 0 Å². The molecule has 0 aliphatic rings. The molecule has 0 fully saturated rings. The molecule has 5 heteroatoms. The lowest BCUT2D eigenvalue weighted by atomic mass is 10.1. The molecule has 0 spiro atoms. The summed E-state index contributed by atoms with van der Waals surface area (Å²) >= 11 is 0. The van der Waals surface area contributed by atoms with Gasteiger partial charge in [-0.3, -0.25) is 9.78 Å². The van der Waals surface area contributed by atoms with Crippen molar-refractivity contribution >= 4 is 16.7 Å². The highest BCUT2D eigenvalue weighted by atomic mass is 16.1. The van der Waals surface area contributed by atoms with Crippen molar-refractivity contribution in [3.05, 3.63) is 33.2 Å². The van der Waals surface area contributed by atoms with Crippen LogP contribution in [-0.4, -0.2) is 9.97 Å². The molecule has 0 radical (unpaired) electrons. The number of nitrogens with two attached hydrogens (primary N) is 1. The first kappa shape index (κ1) is 10.2. The standard InChI is InChI=1S/C11H10N4O/c1-5-3-6(2)14-9-7(4-12)11(16)15-10(13)8(5)9/h3H,1-2H3,(H3,13,15,16). The van der Waals surface area contributed by atoms with Crippen molar-refractivity contribution < 1.29 is 0 Å². The summed E-state index contributed by atoms with van der Waals surface area (Å²) in [5, 5.41) is 9.58. The van der Waals surface area contributed by atoms with E-state index in [4.69, 9.17) is 11.0 Å². The van der Waals surface area contributed by atoms with Crippen molar-refractivity contribution in [3.63, 3.8) is 0 Å². The van der Waals surface area contributed by atoms with E-state index in [0.29, 0.717) is 10.9 Å². The van der Waals surface area contributed by atoms with Gasteiger partial charge >= 0.3 is 0 Å². The molecule has 2 rings (SSSR count). The van der Waals surface area contributed by atoms with Crippen LogP contribution in [0, 0.1) is 25.2 Å². The van der Waals surface area contributed by atoms with Crippen LogP contribution >= 0.6 is 0 Å². The lowest BCUT2D eigenvalue weighted by molar-refractivity contribution is 1.18. The summed E-state index contributed by atoms with van der Waals surface area (Å²) in [5.41, 5.74) is 7.27. The molecule has 80 valence electrons. The average Bonchev–Trinajstić information content (AvgIpc) is 2.15. The summed E-state index contributed by atoms with van der Waals surface area (Å²) in [4.78, 5) is 18.2. The zero-order chi connectivity index (χ0) is 11.9. The minimum atomic E-state index is -0.495. The van der Waals surface area contributed by atoms with Crippen molar-refractivity contribution in [2.45, 2.75) is 13.8 Å². The molecule has 0 atom stereocenters. The lowest BCUT2D eigenvalue weighted by Gasteiger charge is -2.07. The summed E-state index contributed by atoms with van der Waals surface area (Å²) in [6.07, 6.45) is 0. The van der Waals surface area contributed by atoms with Gasteiger partial charge in [0.25, 0.3) is 5.56 Å². The zero-order valence-corrected chi connectivity index (χ0v) is 8.96. The molecule has 2 aromatic rings. The SMILES string of the molecule is Cc1cc(C)c2c(N)[nH]c(=O)c(C#N)c2n1. The lowest BCUT2D eigenvalue weighted by Crippen LogP contribution is -2.14. The van der Waals surface area contributed by atoms with Crippen LogP contribution in [0.1, 0.15) is 16.8 Å². The van der Waals surface area contributed by atoms with Crippen molar-refractivity contribution in [3.8, 4) is 6.07 Å². The van der Waals surface area contributed by atoms with Crippen LogP contribution in [0.15, 0.2) is 10.9 Å². The molecule has 0 saturated carbocycles. The number of hydrogen-bond acceptors (Lipinski definition) is 4. The maximum absolute atomic E-state index is 11.5. The molecule has 0 amide bonds. The third kappa shape index (κ3) is 1.32. The van der Waals surface area contributed by atoms with Crippen molar-refractivity contribution in [2.24, 2.45) is 0 Å². The minimum absolute atomic E-state index is 0.0102. The summed E-state index contributed by atoms with van der Waals surface area (Å²) in [6, 6.07) is 3.72. The molecule has 0 unspecified atom stereocenters. The summed E-state index contributed by atoms with van der Waals surface area (Å²) < 4.78 is 0. The molecule has 16 heavy (non-hydrogen) atoms. The molecule has 0 saturated heterocycles. The first-order chi connectivity index (χ1) is 7.54. The van der Waals surface area contributed by atoms with Crippen molar-refractivity contribution in [1.82, 2.24) is 9.97 Å². The predicted molar refractivity (Wildman–Crippen MR) is 61.0 cm³/mol. The van der Waals surface area contributed by atoms with Crippen LogP contribution in [0.5, 0.6) is 0 Å². The number of aromatic amines is 1. The van der Waals surface area contributed by atoms with Gasteiger partial charge in [0.05, 0.1) is 5.52 Å². The van der Waals surface area contributed by atoms with E-state index in [2.05, 4.69) is 9.97 Å². The number of aromatic nitrogens is 2. The Morgan fingerprint density at radius 3 is 2.81 bits per heavy atom. The van der Waals surface area contributed by atoms with E-state index >= 15 is 0 Å². The van der Waals surface area contributed by atoms with Crippen LogP contribution in [-0.2, 0) is 0 Å². The van der Waals surface area contributed by atoms with E-state index in [1.54, 1.807) is 0 Å². The van der Waals surface area contributed by atoms with E-state index in [0.717, 1.165) is 11.3 Å². The fourth-order valence-electron chi connectivity index (χ4n) is 1.82. The Hall–Kier alpha value is -2.35.